The normalized spacial score (nSPS) is 24.4. The van der Waals surface area contributed by atoms with Crippen LogP contribution >= 0.6 is 0 Å². The number of carbonyl (C=O) groups is 1. The number of hydrogen-bond donors (Lipinski definition) is 1. The van der Waals surface area contributed by atoms with E-state index in [2.05, 4.69) is 22.3 Å². The molecule has 0 spiro atoms. The second kappa shape index (κ2) is 9.69. The van der Waals surface area contributed by atoms with Gasteiger partial charge in [-0.25, -0.2) is 4.39 Å². The number of ether oxygens (including phenoxy) is 2. The zero-order valence-electron chi connectivity index (χ0n) is 19.1. The fraction of sp³-hybridized carbons (Fsp3) is 0.500. The van der Waals surface area contributed by atoms with E-state index in [0.29, 0.717) is 68.5 Å². The van der Waals surface area contributed by atoms with E-state index in [4.69, 9.17) is 9.47 Å². The summed E-state index contributed by atoms with van der Waals surface area (Å²) in [4.78, 5) is 17.0. The molecule has 2 aliphatic heterocycles. The number of likely N-dealkylation sites (tertiary alicyclic amines) is 1. The van der Waals surface area contributed by atoms with Gasteiger partial charge in [0.05, 0.1) is 25.5 Å². The Kier molecular flexibility index (Phi) is 6.51. The van der Waals surface area contributed by atoms with Crippen LogP contribution in [-0.4, -0.2) is 63.4 Å². The van der Waals surface area contributed by atoms with Crippen molar-refractivity contribution in [3.05, 3.63) is 59.4 Å². The fourth-order valence-electron chi connectivity index (χ4n) is 5.31. The number of rotatable bonds is 8. The minimum absolute atomic E-state index is 0.196. The molecule has 2 aromatic carbocycles. The molecule has 7 heteroatoms. The summed E-state index contributed by atoms with van der Waals surface area (Å²) in [5, 5.41) is 3.03. The van der Waals surface area contributed by atoms with Crippen LogP contribution in [0.5, 0.6) is 5.75 Å². The number of halogens is 1. The van der Waals surface area contributed by atoms with Gasteiger partial charge in [-0.15, -0.1) is 0 Å². The van der Waals surface area contributed by atoms with Crippen LogP contribution in [0.25, 0.3) is 0 Å². The lowest BCUT2D eigenvalue weighted by Gasteiger charge is -2.29. The van der Waals surface area contributed by atoms with Crippen molar-refractivity contribution in [3.63, 3.8) is 0 Å². The Morgan fingerprint density at radius 2 is 1.85 bits per heavy atom. The van der Waals surface area contributed by atoms with Crippen molar-refractivity contribution in [3.8, 4) is 5.75 Å². The van der Waals surface area contributed by atoms with Crippen LogP contribution in [0.2, 0.25) is 0 Å². The maximum absolute atomic E-state index is 14.6. The maximum atomic E-state index is 14.6. The van der Waals surface area contributed by atoms with Gasteiger partial charge in [0.25, 0.3) is 5.91 Å². The molecule has 5 rings (SSSR count). The van der Waals surface area contributed by atoms with Gasteiger partial charge in [-0.1, -0.05) is 12.1 Å². The molecule has 2 atom stereocenters. The van der Waals surface area contributed by atoms with Gasteiger partial charge in [-0.3, -0.25) is 9.69 Å². The third-order valence-corrected chi connectivity index (χ3v) is 7.15. The molecule has 6 nitrogen and oxygen atoms in total. The van der Waals surface area contributed by atoms with Gasteiger partial charge in [-0.2, -0.15) is 0 Å². The Labute approximate surface area is 194 Å². The van der Waals surface area contributed by atoms with Crippen LogP contribution < -0.4 is 15.0 Å². The fourth-order valence-corrected chi connectivity index (χ4v) is 5.31. The molecule has 0 radical (unpaired) electrons. The van der Waals surface area contributed by atoms with Crippen molar-refractivity contribution in [2.45, 2.75) is 13.5 Å². The molecule has 1 aliphatic carbocycles. The highest BCUT2D eigenvalue weighted by atomic mass is 19.1. The average molecular weight is 454 g/mol. The lowest BCUT2D eigenvalue weighted by Crippen LogP contribution is -2.36. The van der Waals surface area contributed by atoms with Gasteiger partial charge in [-0.05, 0) is 60.6 Å². The highest BCUT2D eigenvalue weighted by Crippen LogP contribution is 2.51. The van der Waals surface area contributed by atoms with Gasteiger partial charge in [0.15, 0.2) is 0 Å². The topological polar surface area (TPSA) is 54.0 Å². The quantitative estimate of drug-likeness (QED) is 0.666. The number of piperidine rings is 1. The number of nitrogens with zero attached hydrogens (tertiary/aromatic N) is 2. The van der Waals surface area contributed by atoms with Crippen molar-refractivity contribution in [1.29, 1.82) is 0 Å². The molecular formula is C26H32FN3O3. The van der Waals surface area contributed by atoms with Gasteiger partial charge >= 0.3 is 0 Å². The van der Waals surface area contributed by atoms with E-state index in [1.165, 1.54) is 11.6 Å². The molecule has 1 saturated carbocycles. The Balaban J connectivity index is 1.07. The highest BCUT2D eigenvalue weighted by Gasteiger charge is 2.55. The number of fused-ring (bicyclic) bond motifs is 1. The minimum atomic E-state index is -0.349. The standard InChI is InChI=1S/C26H32FN3O3/c1-2-33-20-6-3-18(4-7-20)15-29-16-22-21(23(22)17-29)14-28-26(31)19-5-8-25(24(27)13-19)30-9-11-32-12-10-30/h3-8,13,21-23H,2,9-12,14-17H2,1H3,(H,28,31). The first kappa shape index (κ1) is 22.2. The molecular weight excluding hydrogens is 421 g/mol. The summed E-state index contributed by atoms with van der Waals surface area (Å²) in [7, 11) is 0. The summed E-state index contributed by atoms with van der Waals surface area (Å²) in [6.07, 6.45) is 0. The predicted molar refractivity (Wildman–Crippen MR) is 125 cm³/mol. The first-order valence-electron chi connectivity index (χ1n) is 12.0. The van der Waals surface area contributed by atoms with Crippen LogP contribution in [0.4, 0.5) is 10.1 Å². The number of anilines is 1. The van der Waals surface area contributed by atoms with Crippen LogP contribution in [0, 0.1) is 23.6 Å². The van der Waals surface area contributed by atoms with Crippen LogP contribution in [-0.2, 0) is 11.3 Å². The molecule has 2 heterocycles. The van der Waals surface area contributed by atoms with E-state index < -0.39 is 0 Å². The van der Waals surface area contributed by atoms with Crippen molar-refractivity contribution < 1.29 is 18.7 Å². The van der Waals surface area contributed by atoms with Crippen LogP contribution in [0.3, 0.4) is 0 Å². The van der Waals surface area contributed by atoms with Gasteiger partial charge in [0.2, 0.25) is 0 Å². The van der Waals surface area contributed by atoms with Crippen LogP contribution in [0.1, 0.15) is 22.8 Å². The number of benzene rings is 2. The largest absolute Gasteiger partial charge is 0.494 e. The summed E-state index contributed by atoms with van der Waals surface area (Å²) in [5.41, 5.74) is 2.22. The van der Waals surface area contributed by atoms with Gasteiger partial charge in [0.1, 0.15) is 11.6 Å². The number of nitrogens with one attached hydrogen (secondary N) is 1. The van der Waals surface area contributed by atoms with E-state index >= 15 is 0 Å². The molecule has 176 valence electrons. The van der Waals surface area contributed by atoms with E-state index in [0.717, 1.165) is 25.4 Å². The van der Waals surface area contributed by atoms with Gasteiger partial charge < -0.3 is 19.7 Å². The second-order valence-electron chi connectivity index (χ2n) is 9.24. The Morgan fingerprint density at radius 1 is 1.12 bits per heavy atom. The molecule has 2 unspecified atom stereocenters. The first-order chi connectivity index (χ1) is 16.1. The van der Waals surface area contributed by atoms with Gasteiger partial charge in [0, 0.05) is 44.8 Å². The molecule has 0 bridgehead atoms. The lowest BCUT2D eigenvalue weighted by molar-refractivity contribution is 0.0948. The average Bonchev–Trinajstić information content (AvgIpc) is 3.29. The monoisotopic (exact) mass is 453 g/mol. The maximum Gasteiger partial charge on any atom is 0.251 e. The van der Waals surface area contributed by atoms with E-state index in [9.17, 15) is 9.18 Å². The molecule has 33 heavy (non-hydrogen) atoms. The molecule has 2 saturated heterocycles. The smallest absolute Gasteiger partial charge is 0.251 e. The lowest BCUT2D eigenvalue weighted by atomic mass is 10.1. The second-order valence-corrected chi connectivity index (χ2v) is 9.24. The Bertz CT molecular complexity index is 965. The number of morpholine rings is 1. The molecule has 3 fully saturated rings. The third kappa shape index (κ3) is 4.99. The molecule has 1 N–H and O–H groups in total. The Morgan fingerprint density at radius 3 is 2.52 bits per heavy atom. The van der Waals surface area contributed by atoms with E-state index in [1.807, 2.05) is 24.0 Å². The first-order valence-corrected chi connectivity index (χ1v) is 12.0. The number of carbonyl (C=O) groups excluding carboxylic acids is 1. The zero-order valence-corrected chi connectivity index (χ0v) is 19.1. The van der Waals surface area contributed by atoms with E-state index in [1.54, 1.807) is 12.1 Å². The SMILES string of the molecule is CCOc1ccc(CN2CC3C(CNC(=O)c4ccc(N5CCOCC5)c(F)c4)C3C2)cc1. The van der Waals surface area contributed by atoms with Crippen molar-refractivity contribution in [2.24, 2.45) is 17.8 Å². The molecule has 0 aromatic heterocycles. The third-order valence-electron chi connectivity index (χ3n) is 7.15. The predicted octanol–water partition coefficient (Wildman–Crippen LogP) is 3.17. The molecule has 1 amide bonds. The summed E-state index contributed by atoms with van der Waals surface area (Å²) < 4.78 is 25.4. The number of hydrogen-bond acceptors (Lipinski definition) is 5. The Hall–Kier alpha value is -2.64. The molecule has 3 aliphatic rings. The van der Waals surface area contributed by atoms with E-state index in [-0.39, 0.29) is 11.7 Å². The zero-order chi connectivity index (χ0) is 22.8. The van der Waals surface area contributed by atoms with Crippen molar-refractivity contribution >= 4 is 11.6 Å². The summed E-state index contributed by atoms with van der Waals surface area (Å²) in [6.45, 7) is 8.97. The van der Waals surface area contributed by atoms with Crippen molar-refractivity contribution in [1.82, 2.24) is 10.2 Å². The number of amides is 1. The van der Waals surface area contributed by atoms with Crippen molar-refractivity contribution in [2.75, 3.05) is 57.4 Å². The summed E-state index contributed by atoms with van der Waals surface area (Å²) in [6, 6.07) is 13.1. The molecule has 2 aromatic rings. The summed E-state index contributed by atoms with van der Waals surface area (Å²) >= 11 is 0. The highest BCUT2D eigenvalue weighted by molar-refractivity contribution is 5.94. The van der Waals surface area contributed by atoms with Crippen LogP contribution in [0.15, 0.2) is 42.5 Å². The minimum Gasteiger partial charge on any atom is -0.494 e. The summed E-state index contributed by atoms with van der Waals surface area (Å²) in [5.74, 6) is 2.19.